The highest BCUT2D eigenvalue weighted by Crippen LogP contribution is 2.13. The summed E-state index contributed by atoms with van der Waals surface area (Å²) >= 11 is 1.86. The Kier molecular flexibility index (Phi) is 7.56. The highest BCUT2D eigenvalue weighted by molar-refractivity contribution is 7.09. The third-order valence-electron chi connectivity index (χ3n) is 3.25. The van der Waals surface area contributed by atoms with Crippen LogP contribution in [0.5, 0.6) is 0 Å². The fourth-order valence-electron chi connectivity index (χ4n) is 1.94. The summed E-state index contributed by atoms with van der Waals surface area (Å²) in [7, 11) is 2.24. The first-order valence-electron chi connectivity index (χ1n) is 7.03. The topological polar surface area (TPSA) is 15.3 Å². The average molecular weight is 268 g/mol. The number of hydrogen-bond donors (Lipinski definition) is 1. The predicted octanol–water partition coefficient (Wildman–Crippen LogP) is 3.25. The summed E-state index contributed by atoms with van der Waals surface area (Å²) in [5, 5.41) is 5.66. The van der Waals surface area contributed by atoms with Crippen molar-refractivity contribution in [1.29, 1.82) is 0 Å². The fraction of sp³-hybridized carbons (Fsp3) is 0.733. The quantitative estimate of drug-likeness (QED) is 0.692. The minimum atomic E-state index is 0.633. The number of likely N-dealkylation sites (N-methyl/N-ethyl adjacent to an activating group) is 1. The van der Waals surface area contributed by atoms with Crippen molar-refractivity contribution in [3.8, 4) is 0 Å². The van der Waals surface area contributed by atoms with E-state index >= 15 is 0 Å². The zero-order valence-electron chi connectivity index (χ0n) is 12.3. The third-order valence-corrected chi connectivity index (χ3v) is 4.14. The Morgan fingerprint density at radius 3 is 2.72 bits per heavy atom. The lowest BCUT2D eigenvalue weighted by molar-refractivity contribution is 0.253. The van der Waals surface area contributed by atoms with Crippen LogP contribution in [0.25, 0.3) is 0 Å². The Balaban J connectivity index is 2.10. The lowest BCUT2D eigenvalue weighted by Crippen LogP contribution is -2.33. The molecule has 0 spiro atoms. The molecule has 0 amide bonds. The van der Waals surface area contributed by atoms with Crippen molar-refractivity contribution in [2.45, 2.75) is 39.7 Å². The van der Waals surface area contributed by atoms with E-state index in [0.717, 1.165) is 19.0 Å². The van der Waals surface area contributed by atoms with Gasteiger partial charge >= 0.3 is 0 Å². The van der Waals surface area contributed by atoms with Crippen LogP contribution in [0.15, 0.2) is 17.5 Å². The van der Waals surface area contributed by atoms with Gasteiger partial charge in [0.05, 0.1) is 0 Å². The molecule has 1 aromatic heterocycles. The fourth-order valence-corrected chi connectivity index (χ4v) is 2.77. The second kappa shape index (κ2) is 8.68. The largest absolute Gasteiger partial charge is 0.316 e. The number of hydrogen-bond acceptors (Lipinski definition) is 3. The summed E-state index contributed by atoms with van der Waals surface area (Å²) in [5.74, 6) is 0.750. The highest BCUT2D eigenvalue weighted by atomic mass is 32.1. The zero-order valence-corrected chi connectivity index (χ0v) is 13.1. The van der Waals surface area contributed by atoms with E-state index in [1.54, 1.807) is 0 Å². The van der Waals surface area contributed by atoms with Gasteiger partial charge in [0.15, 0.2) is 0 Å². The van der Waals surface area contributed by atoms with Crippen LogP contribution in [-0.4, -0.2) is 37.6 Å². The Labute approximate surface area is 116 Å². The normalized spacial score (nSPS) is 13.4. The summed E-state index contributed by atoms with van der Waals surface area (Å²) < 4.78 is 0. The Morgan fingerprint density at radius 1 is 1.33 bits per heavy atom. The van der Waals surface area contributed by atoms with E-state index < -0.39 is 0 Å². The van der Waals surface area contributed by atoms with Gasteiger partial charge in [-0.2, -0.15) is 0 Å². The number of rotatable bonds is 9. The summed E-state index contributed by atoms with van der Waals surface area (Å²) in [4.78, 5) is 3.96. The third kappa shape index (κ3) is 6.53. The molecule has 1 unspecified atom stereocenters. The molecule has 0 saturated heterocycles. The van der Waals surface area contributed by atoms with Crippen LogP contribution in [0.1, 0.15) is 32.1 Å². The van der Waals surface area contributed by atoms with E-state index in [4.69, 9.17) is 0 Å². The van der Waals surface area contributed by atoms with Gasteiger partial charge in [-0.25, -0.2) is 0 Å². The van der Waals surface area contributed by atoms with Crippen LogP contribution in [0.4, 0.5) is 0 Å². The minimum absolute atomic E-state index is 0.633. The van der Waals surface area contributed by atoms with E-state index in [1.165, 1.54) is 24.3 Å². The summed E-state index contributed by atoms with van der Waals surface area (Å²) in [6.07, 6.45) is 2.41. The maximum absolute atomic E-state index is 3.50. The zero-order chi connectivity index (χ0) is 13.4. The smallest absolute Gasteiger partial charge is 0.0112 e. The van der Waals surface area contributed by atoms with E-state index in [9.17, 15) is 0 Å². The van der Waals surface area contributed by atoms with E-state index in [0.29, 0.717) is 6.04 Å². The van der Waals surface area contributed by atoms with E-state index in [2.05, 4.69) is 55.5 Å². The lowest BCUT2D eigenvalue weighted by Gasteiger charge is -2.24. The molecule has 3 heteroatoms. The van der Waals surface area contributed by atoms with Crippen LogP contribution in [0.2, 0.25) is 0 Å². The standard InChI is InChI=1S/C15H28N2S/c1-13(2)12-16-8-6-9-17(4)14(3)11-15-7-5-10-18-15/h5,7,10,13-14,16H,6,8-9,11-12H2,1-4H3. The van der Waals surface area contributed by atoms with Crippen LogP contribution >= 0.6 is 11.3 Å². The first kappa shape index (κ1) is 15.7. The Bertz CT molecular complexity index is 295. The first-order chi connectivity index (χ1) is 8.59. The average Bonchev–Trinajstić information content (AvgIpc) is 2.80. The lowest BCUT2D eigenvalue weighted by atomic mass is 10.2. The number of nitrogens with one attached hydrogen (secondary N) is 1. The SMILES string of the molecule is CC(C)CNCCCN(C)C(C)Cc1cccs1. The van der Waals surface area contributed by atoms with Crippen molar-refractivity contribution < 1.29 is 0 Å². The van der Waals surface area contributed by atoms with Crippen LogP contribution in [0.3, 0.4) is 0 Å². The molecule has 0 aliphatic carbocycles. The van der Waals surface area contributed by atoms with Crippen LogP contribution < -0.4 is 5.32 Å². The molecule has 2 nitrogen and oxygen atoms in total. The summed E-state index contributed by atoms with van der Waals surface area (Å²) in [5.41, 5.74) is 0. The van der Waals surface area contributed by atoms with Crippen molar-refractivity contribution >= 4 is 11.3 Å². The second-order valence-electron chi connectivity index (χ2n) is 5.56. The summed E-state index contributed by atoms with van der Waals surface area (Å²) in [6.45, 7) is 10.3. The van der Waals surface area contributed by atoms with Crippen LogP contribution in [-0.2, 0) is 6.42 Å². The first-order valence-corrected chi connectivity index (χ1v) is 7.91. The number of thiophene rings is 1. The molecule has 1 heterocycles. The van der Waals surface area contributed by atoms with Gasteiger partial charge in [0.1, 0.15) is 0 Å². The maximum atomic E-state index is 3.50. The van der Waals surface area contributed by atoms with Gasteiger partial charge in [-0.15, -0.1) is 11.3 Å². The van der Waals surface area contributed by atoms with Gasteiger partial charge in [-0.05, 0) is 63.8 Å². The molecule has 0 aliphatic rings. The maximum Gasteiger partial charge on any atom is 0.0112 e. The Morgan fingerprint density at radius 2 is 2.11 bits per heavy atom. The monoisotopic (exact) mass is 268 g/mol. The van der Waals surface area contributed by atoms with Crippen LogP contribution in [0, 0.1) is 5.92 Å². The molecule has 0 radical (unpaired) electrons. The molecule has 1 aromatic rings. The van der Waals surface area contributed by atoms with Crippen molar-refractivity contribution in [2.75, 3.05) is 26.7 Å². The predicted molar refractivity (Wildman–Crippen MR) is 82.4 cm³/mol. The van der Waals surface area contributed by atoms with Gasteiger partial charge < -0.3 is 10.2 Å². The van der Waals surface area contributed by atoms with Gasteiger partial charge in [-0.3, -0.25) is 0 Å². The molecule has 1 rings (SSSR count). The van der Waals surface area contributed by atoms with Crippen molar-refractivity contribution in [1.82, 2.24) is 10.2 Å². The molecule has 18 heavy (non-hydrogen) atoms. The molecule has 0 aromatic carbocycles. The molecular weight excluding hydrogens is 240 g/mol. The van der Waals surface area contributed by atoms with Gasteiger partial charge in [0.25, 0.3) is 0 Å². The van der Waals surface area contributed by atoms with Gasteiger partial charge in [-0.1, -0.05) is 19.9 Å². The van der Waals surface area contributed by atoms with Crippen molar-refractivity contribution in [2.24, 2.45) is 5.92 Å². The van der Waals surface area contributed by atoms with E-state index in [-0.39, 0.29) is 0 Å². The molecule has 0 aliphatic heterocycles. The second-order valence-corrected chi connectivity index (χ2v) is 6.60. The van der Waals surface area contributed by atoms with E-state index in [1.807, 2.05) is 11.3 Å². The molecular formula is C15H28N2S. The van der Waals surface area contributed by atoms with Crippen molar-refractivity contribution in [3.05, 3.63) is 22.4 Å². The van der Waals surface area contributed by atoms with Crippen molar-refractivity contribution in [3.63, 3.8) is 0 Å². The highest BCUT2D eigenvalue weighted by Gasteiger charge is 2.09. The molecule has 1 atom stereocenters. The molecule has 104 valence electrons. The summed E-state index contributed by atoms with van der Waals surface area (Å²) in [6, 6.07) is 5.01. The Hall–Kier alpha value is -0.380. The van der Waals surface area contributed by atoms with Gasteiger partial charge in [0, 0.05) is 10.9 Å². The molecule has 1 N–H and O–H groups in total. The minimum Gasteiger partial charge on any atom is -0.316 e. The van der Waals surface area contributed by atoms with Gasteiger partial charge in [0.2, 0.25) is 0 Å². The molecule has 0 fully saturated rings. The molecule has 0 saturated carbocycles. The number of nitrogens with zero attached hydrogens (tertiary/aromatic N) is 1. The molecule has 0 bridgehead atoms.